The van der Waals surface area contributed by atoms with E-state index in [0.29, 0.717) is 22.7 Å². The maximum atomic E-state index is 5.48. The van der Waals surface area contributed by atoms with Gasteiger partial charge in [-0.15, -0.1) is 0 Å². The van der Waals surface area contributed by atoms with Crippen LogP contribution in [0.25, 0.3) is 5.65 Å². The molecule has 0 bridgehead atoms. The molecule has 2 aromatic heterocycles. The summed E-state index contributed by atoms with van der Waals surface area (Å²) in [7, 11) is 1.58. The van der Waals surface area contributed by atoms with E-state index in [9.17, 15) is 0 Å². The van der Waals surface area contributed by atoms with Gasteiger partial charge in [0.1, 0.15) is 4.60 Å². The fourth-order valence-corrected chi connectivity index (χ4v) is 1.78. The first kappa shape index (κ1) is 10.4. The van der Waals surface area contributed by atoms with Crippen molar-refractivity contribution >= 4 is 21.6 Å². The summed E-state index contributed by atoms with van der Waals surface area (Å²) in [6, 6.07) is 0. The van der Waals surface area contributed by atoms with Crippen LogP contribution >= 0.6 is 15.9 Å². The van der Waals surface area contributed by atoms with Crippen molar-refractivity contribution in [2.24, 2.45) is 5.73 Å². The highest BCUT2D eigenvalue weighted by molar-refractivity contribution is 9.10. The third-order valence-electron chi connectivity index (χ3n) is 2.02. The van der Waals surface area contributed by atoms with Crippen LogP contribution in [0.5, 0.6) is 5.88 Å². The van der Waals surface area contributed by atoms with Gasteiger partial charge in [-0.1, -0.05) is 0 Å². The van der Waals surface area contributed by atoms with Crippen molar-refractivity contribution in [3.63, 3.8) is 0 Å². The molecule has 0 saturated heterocycles. The quantitative estimate of drug-likeness (QED) is 0.904. The number of nitrogens with two attached hydrogens (primary N) is 1. The van der Waals surface area contributed by atoms with Crippen molar-refractivity contribution in [1.82, 2.24) is 14.4 Å². The van der Waals surface area contributed by atoms with Gasteiger partial charge in [0, 0.05) is 18.8 Å². The van der Waals surface area contributed by atoms with Gasteiger partial charge in [0.15, 0.2) is 0 Å². The molecular formula is C9H11BrN4O. The molecule has 0 aliphatic heterocycles. The predicted molar refractivity (Wildman–Crippen MR) is 60.0 cm³/mol. The van der Waals surface area contributed by atoms with Crippen LogP contribution in [0.4, 0.5) is 0 Å². The monoisotopic (exact) mass is 270 g/mol. The van der Waals surface area contributed by atoms with Gasteiger partial charge >= 0.3 is 0 Å². The molecule has 0 aromatic carbocycles. The van der Waals surface area contributed by atoms with E-state index in [-0.39, 0.29) is 0 Å². The predicted octanol–water partition coefficient (Wildman–Crippen LogP) is 1.00. The minimum Gasteiger partial charge on any atom is -0.478 e. The zero-order valence-corrected chi connectivity index (χ0v) is 9.86. The third kappa shape index (κ3) is 1.95. The number of nitrogens with zero attached hydrogens (tertiary/aromatic N) is 3. The second-order valence-corrected chi connectivity index (χ2v) is 3.89. The fourth-order valence-electron chi connectivity index (χ4n) is 1.40. The van der Waals surface area contributed by atoms with Crippen LogP contribution in [0.3, 0.4) is 0 Å². The normalized spacial score (nSPS) is 10.9. The van der Waals surface area contributed by atoms with E-state index in [1.807, 2.05) is 16.8 Å². The van der Waals surface area contributed by atoms with E-state index in [4.69, 9.17) is 10.5 Å². The van der Waals surface area contributed by atoms with Gasteiger partial charge in [-0.2, -0.15) is 0 Å². The van der Waals surface area contributed by atoms with Gasteiger partial charge in [0.05, 0.1) is 12.8 Å². The Bertz CT molecular complexity index is 482. The Hall–Kier alpha value is -1.14. The van der Waals surface area contributed by atoms with Crippen LogP contribution in [0.15, 0.2) is 17.0 Å². The van der Waals surface area contributed by atoms with Gasteiger partial charge in [-0.05, 0) is 22.5 Å². The lowest BCUT2D eigenvalue weighted by atomic mass is 10.3. The van der Waals surface area contributed by atoms with Crippen molar-refractivity contribution in [2.45, 2.75) is 6.42 Å². The Morgan fingerprint density at radius 3 is 2.93 bits per heavy atom. The molecule has 2 heterocycles. The number of hydrogen-bond donors (Lipinski definition) is 1. The van der Waals surface area contributed by atoms with Crippen LogP contribution in [0.1, 0.15) is 5.69 Å². The molecule has 0 aliphatic carbocycles. The molecule has 6 heteroatoms. The van der Waals surface area contributed by atoms with Crippen molar-refractivity contribution in [1.29, 1.82) is 0 Å². The van der Waals surface area contributed by atoms with E-state index < -0.39 is 0 Å². The average molecular weight is 271 g/mol. The minimum absolute atomic E-state index is 0.507. The third-order valence-corrected chi connectivity index (χ3v) is 2.40. The number of methoxy groups -OCH3 is 1. The van der Waals surface area contributed by atoms with Crippen molar-refractivity contribution in [2.75, 3.05) is 13.7 Å². The number of fused-ring (bicyclic) bond motifs is 1. The van der Waals surface area contributed by atoms with Crippen molar-refractivity contribution in [3.8, 4) is 5.88 Å². The van der Waals surface area contributed by atoms with E-state index in [1.165, 1.54) is 0 Å². The lowest BCUT2D eigenvalue weighted by molar-refractivity contribution is 0.399. The van der Waals surface area contributed by atoms with Gasteiger partial charge in [-0.3, -0.25) is 4.40 Å². The Morgan fingerprint density at radius 1 is 1.47 bits per heavy atom. The van der Waals surface area contributed by atoms with Crippen molar-refractivity contribution in [3.05, 3.63) is 22.7 Å². The Balaban J connectivity index is 2.58. The van der Waals surface area contributed by atoms with Crippen LogP contribution in [-0.2, 0) is 6.42 Å². The van der Waals surface area contributed by atoms with Crippen LogP contribution in [0.2, 0.25) is 0 Å². The maximum absolute atomic E-state index is 5.48. The molecule has 0 atom stereocenters. The second-order valence-electron chi connectivity index (χ2n) is 3.07. The Kier molecular flexibility index (Phi) is 2.88. The molecule has 2 N–H and O–H groups in total. The first-order chi connectivity index (χ1) is 7.24. The number of aromatic nitrogens is 3. The van der Waals surface area contributed by atoms with E-state index >= 15 is 0 Å². The smallest absolute Gasteiger partial charge is 0.259 e. The highest BCUT2D eigenvalue weighted by Crippen LogP contribution is 2.19. The standard InChI is InChI=1S/C9H11BrN4O/c1-15-9-8-12-6(2-3-11)4-14(8)5-7(10)13-9/h4-5H,2-3,11H2,1H3. The molecular weight excluding hydrogens is 260 g/mol. The molecule has 0 radical (unpaired) electrons. The summed E-state index contributed by atoms with van der Waals surface area (Å²) in [5, 5.41) is 0. The maximum Gasteiger partial charge on any atom is 0.259 e. The lowest BCUT2D eigenvalue weighted by Crippen LogP contribution is -2.02. The summed E-state index contributed by atoms with van der Waals surface area (Å²) in [4.78, 5) is 8.56. The largest absolute Gasteiger partial charge is 0.478 e. The van der Waals surface area contributed by atoms with E-state index in [1.54, 1.807) is 7.11 Å². The Morgan fingerprint density at radius 2 is 2.27 bits per heavy atom. The molecule has 2 aromatic rings. The molecule has 0 aliphatic rings. The minimum atomic E-state index is 0.507. The SMILES string of the molecule is COc1nc(Br)cn2cc(CCN)nc12. The summed E-state index contributed by atoms with van der Waals surface area (Å²) in [6.07, 6.45) is 4.52. The van der Waals surface area contributed by atoms with Crippen LogP contribution in [0, 0.1) is 0 Å². The van der Waals surface area contributed by atoms with Gasteiger partial charge in [0.25, 0.3) is 5.88 Å². The zero-order valence-electron chi connectivity index (χ0n) is 8.27. The van der Waals surface area contributed by atoms with Gasteiger partial charge < -0.3 is 10.5 Å². The first-order valence-corrected chi connectivity index (χ1v) is 5.32. The highest BCUT2D eigenvalue weighted by atomic mass is 79.9. The molecule has 0 saturated carbocycles. The van der Waals surface area contributed by atoms with Crippen LogP contribution < -0.4 is 10.5 Å². The topological polar surface area (TPSA) is 65.4 Å². The number of ether oxygens (including phenoxy) is 1. The molecule has 2 rings (SSSR count). The Labute approximate surface area is 95.4 Å². The number of hydrogen-bond acceptors (Lipinski definition) is 4. The molecule has 15 heavy (non-hydrogen) atoms. The summed E-state index contributed by atoms with van der Waals surface area (Å²) in [5.41, 5.74) is 7.13. The van der Waals surface area contributed by atoms with E-state index in [2.05, 4.69) is 25.9 Å². The number of imidazole rings is 1. The summed E-state index contributed by atoms with van der Waals surface area (Å²) >= 11 is 3.31. The van der Waals surface area contributed by atoms with Crippen molar-refractivity contribution < 1.29 is 4.74 Å². The van der Waals surface area contributed by atoms with Crippen LogP contribution in [-0.4, -0.2) is 28.0 Å². The molecule has 0 fully saturated rings. The second kappa shape index (κ2) is 4.16. The first-order valence-electron chi connectivity index (χ1n) is 4.52. The summed E-state index contributed by atoms with van der Waals surface area (Å²) < 4.78 is 7.73. The summed E-state index contributed by atoms with van der Waals surface area (Å²) in [5.74, 6) is 0.507. The number of halogens is 1. The van der Waals surface area contributed by atoms with Gasteiger partial charge in [-0.25, -0.2) is 9.97 Å². The fraction of sp³-hybridized carbons (Fsp3) is 0.333. The average Bonchev–Trinajstić information content (AvgIpc) is 2.59. The highest BCUT2D eigenvalue weighted by Gasteiger charge is 2.09. The van der Waals surface area contributed by atoms with E-state index in [0.717, 1.165) is 12.1 Å². The lowest BCUT2D eigenvalue weighted by Gasteiger charge is -2.00. The zero-order chi connectivity index (χ0) is 10.8. The number of rotatable bonds is 3. The molecule has 0 spiro atoms. The van der Waals surface area contributed by atoms with Gasteiger partial charge in [0.2, 0.25) is 5.65 Å². The molecule has 0 unspecified atom stereocenters. The summed E-state index contributed by atoms with van der Waals surface area (Å²) in [6.45, 7) is 0.584. The molecule has 0 amide bonds. The molecule has 5 nitrogen and oxygen atoms in total. The molecule has 80 valence electrons.